The molecule has 0 fully saturated rings. The van der Waals surface area contributed by atoms with Crippen molar-refractivity contribution in [3.8, 4) is 11.1 Å². The number of benzene rings is 2. The van der Waals surface area contributed by atoms with Gasteiger partial charge >= 0.3 is 0 Å². The fraction of sp³-hybridized carbons (Fsp3) is 0.250. The average Bonchev–Trinajstić information content (AvgIpc) is 2.29. The van der Waals surface area contributed by atoms with Gasteiger partial charge in [-0.25, -0.2) is 0 Å². The lowest BCUT2D eigenvalue weighted by atomic mass is 9.85. The van der Waals surface area contributed by atoms with Gasteiger partial charge in [0, 0.05) is 16.5 Å². The fourth-order valence-corrected chi connectivity index (χ4v) is 2.47. The van der Waals surface area contributed by atoms with Crippen LogP contribution in [-0.4, -0.2) is 11.0 Å². The second-order valence-electron chi connectivity index (χ2n) is 5.28. The molecule has 0 aliphatic carbocycles. The molecule has 0 N–H and O–H groups in total. The van der Waals surface area contributed by atoms with E-state index in [9.17, 15) is 0 Å². The van der Waals surface area contributed by atoms with Gasteiger partial charge < -0.3 is 0 Å². The van der Waals surface area contributed by atoms with E-state index in [-0.39, 0.29) is 16.4 Å². The van der Waals surface area contributed by atoms with Crippen LogP contribution in [0.25, 0.3) is 11.1 Å². The Hall–Kier alpha value is -1.05. The number of hydrogen-bond acceptors (Lipinski definition) is 0. The minimum Gasteiger partial charge on any atom is -0.0833 e. The van der Waals surface area contributed by atoms with E-state index in [1.165, 1.54) is 11.1 Å². The van der Waals surface area contributed by atoms with E-state index in [4.69, 9.17) is 11.6 Å². The molecular weight excluding hydrogens is 256 g/mol. The highest BCUT2D eigenvalue weighted by Crippen LogP contribution is 2.36. The van der Waals surface area contributed by atoms with Crippen molar-refractivity contribution in [1.29, 1.82) is 0 Å². The van der Waals surface area contributed by atoms with E-state index in [1.54, 1.807) is 0 Å². The average molecular weight is 273 g/mol. The molecule has 0 bridgehead atoms. The van der Waals surface area contributed by atoms with Crippen molar-refractivity contribution >= 4 is 22.6 Å². The van der Waals surface area contributed by atoms with Crippen molar-refractivity contribution in [1.82, 2.24) is 0 Å². The molecule has 0 aliphatic heterocycles. The van der Waals surface area contributed by atoms with E-state index >= 15 is 0 Å². The first-order valence-electron chi connectivity index (χ1n) is 5.84. The summed E-state index contributed by atoms with van der Waals surface area (Å²) in [6.45, 7) is 6.55. The molecule has 0 unspecified atom stereocenters. The van der Waals surface area contributed by atoms with E-state index in [0.29, 0.717) is 0 Å². The minimum absolute atomic E-state index is 0. The number of hydrogen-bond donors (Lipinski definition) is 0. The maximum absolute atomic E-state index is 6.53. The summed E-state index contributed by atoms with van der Waals surface area (Å²) in [6.07, 6.45) is 0. The van der Waals surface area contributed by atoms with Crippen LogP contribution in [0.5, 0.6) is 0 Å². The largest absolute Gasteiger partial charge is 0.0833 e. The summed E-state index contributed by atoms with van der Waals surface area (Å²) >= 11 is 6.53. The van der Waals surface area contributed by atoms with Gasteiger partial charge in [0.2, 0.25) is 0 Å². The molecule has 2 aromatic rings. The van der Waals surface area contributed by atoms with Gasteiger partial charge in [0.15, 0.2) is 0 Å². The molecule has 0 amide bonds. The second kappa shape index (κ2) is 5.72. The third-order valence-corrected chi connectivity index (χ3v) is 3.30. The number of halogens is 1. The molecule has 2 heteroatoms. The molecule has 0 atom stereocenters. The Morgan fingerprint density at radius 3 is 2.00 bits per heavy atom. The summed E-state index contributed by atoms with van der Waals surface area (Å²) in [5, 5.41) is 0.867. The van der Waals surface area contributed by atoms with Crippen LogP contribution in [0.2, 0.25) is 5.02 Å². The van der Waals surface area contributed by atoms with E-state index in [0.717, 1.165) is 10.6 Å². The maximum atomic E-state index is 6.53. The van der Waals surface area contributed by atoms with Crippen molar-refractivity contribution in [2.45, 2.75) is 26.2 Å². The standard InChI is InChI=1S/C16H17Cl.Si/c1-16(2,3)14-11-7-10-13(15(14)17)12-8-5-4-6-9-12;/h4-11H,1-3H3;. The second-order valence-corrected chi connectivity index (χ2v) is 5.66. The van der Waals surface area contributed by atoms with Crippen LogP contribution in [0.3, 0.4) is 0 Å². The Morgan fingerprint density at radius 1 is 0.833 bits per heavy atom. The number of rotatable bonds is 1. The Balaban J connectivity index is 0.00000162. The SMILES string of the molecule is CC(C)(C)c1cccc(-c2ccccc2)c1Cl.[Si]. The van der Waals surface area contributed by atoms with Crippen molar-refractivity contribution in [2.75, 3.05) is 0 Å². The molecule has 0 saturated heterocycles. The van der Waals surface area contributed by atoms with Crippen LogP contribution in [0.4, 0.5) is 0 Å². The van der Waals surface area contributed by atoms with Crippen molar-refractivity contribution in [2.24, 2.45) is 0 Å². The Labute approximate surface area is 119 Å². The van der Waals surface area contributed by atoms with Crippen LogP contribution < -0.4 is 0 Å². The molecule has 0 spiro atoms. The van der Waals surface area contributed by atoms with E-state index < -0.39 is 0 Å². The summed E-state index contributed by atoms with van der Waals surface area (Å²) in [6, 6.07) is 16.5. The topological polar surface area (TPSA) is 0 Å². The van der Waals surface area contributed by atoms with Gasteiger partial charge in [-0.2, -0.15) is 0 Å². The first-order chi connectivity index (χ1) is 8.00. The highest BCUT2D eigenvalue weighted by Gasteiger charge is 2.19. The van der Waals surface area contributed by atoms with Crippen LogP contribution >= 0.6 is 11.6 Å². The molecule has 0 aliphatic rings. The maximum Gasteiger partial charge on any atom is 0.0521 e. The molecule has 18 heavy (non-hydrogen) atoms. The van der Waals surface area contributed by atoms with Gasteiger partial charge in [0.1, 0.15) is 0 Å². The Kier molecular flexibility index (Phi) is 4.77. The molecule has 2 aromatic carbocycles. The van der Waals surface area contributed by atoms with Gasteiger partial charge in [-0.3, -0.25) is 0 Å². The lowest BCUT2D eigenvalue weighted by Gasteiger charge is -2.22. The zero-order valence-corrected chi connectivity index (χ0v) is 12.8. The molecule has 4 radical (unpaired) electrons. The smallest absolute Gasteiger partial charge is 0.0521 e. The highest BCUT2D eigenvalue weighted by atomic mass is 35.5. The molecule has 92 valence electrons. The molecule has 0 aromatic heterocycles. The highest BCUT2D eigenvalue weighted by molar-refractivity contribution is 6.34. The zero-order valence-electron chi connectivity index (χ0n) is 11.0. The monoisotopic (exact) mass is 272 g/mol. The molecule has 2 rings (SSSR count). The lowest BCUT2D eigenvalue weighted by molar-refractivity contribution is 0.591. The van der Waals surface area contributed by atoms with E-state index in [1.807, 2.05) is 18.2 Å². The predicted molar refractivity (Wildman–Crippen MR) is 81.3 cm³/mol. The van der Waals surface area contributed by atoms with Crippen LogP contribution in [-0.2, 0) is 5.41 Å². The van der Waals surface area contributed by atoms with Gasteiger partial charge in [-0.1, -0.05) is 80.9 Å². The normalized spacial score (nSPS) is 10.9. The molecule has 0 heterocycles. The van der Waals surface area contributed by atoms with Crippen LogP contribution in [0, 0.1) is 0 Å². The van der Waals surface area contributed by atoms with Crippen LogP contribution in [0.15, 0.2) is 48.5 Å². The predicted octanol–water partition coefficient (Wildman–Crippen LogP) is 4.92. The zero-order chi connectivity index (χ0) is 12.5. The minimum atomic E-state index is 0. The van der Waals surface area contributed by atoms with Crippen molar-refractivity contribution < 1.29 is 0 Å². The lowest BCUT2D eigenvalue weighted by Crippen LogP contribution is -2.11. The van der Waals surface area contributed by atoms with Crippen LogP contribution in [0.1, 0.15) is 26.3 Å². The van der Waals surface area contributed by atoms with Crippen molar-refractivity contribution in [3.05, 3.63) is 59.1 Å². The third-order valence-electron chi connectivity index (χ3n) is 2.89. The molecule has 0 saturated carbocycles. The third kappa shape index (κ3) is 3.04. The quantitative estimate of drug-likeness (QED) is 0.646. The summed E-state index contributed by atoms with van der Waals surface area (Å²) in [4.78, 5) is 0. The van der Waals surface area contributed by atoms with Crippen molar-refractivity contribution in [3.63, 3.8) is 0 Å². The van der Waals surface area contributed by atoms with Gasteiger partial charge in [0.05, 0.1) is 5.02 Å². The first-order valence-corrected chi connectivity index (χ1v) is 6.22. The Morgan fingerprint density at radius 2 is 1.44 bits per heavy atom. The summed E-state index contributed by atoms with van der Waals surface area (Å²) in [5.41, 5.74) is 3.55. The summed E-state index contributed by atoms with van der Waals surface area (Å²) in [5.74, 6) is 0. The summed E-state index contributed by atoms with van der Waals surface area (Å²) < 4.78 is 0. The van der Waals surface area contributed by atoms with Gasteiger partial charge in [0.25, 0.3) is 0 Å². The van der Waals surface area contributed by atoms with E-state index in [2.05, 4.69) is 51.1 Å². The fourth-order valence-electron chi connectivity index (χ4n) is 1.95. The summed E-state index contributed by atoms with van der Waals surface area (Å²) in [7, 11) is 0. The first kappa shape index (κ1) is 15.0. The van der Waals surface area contributed by atoms with Gasteiger partial charge in [-0.05, 0) is 16.5 Å². The molecular formula is C16H17ClSi. The Bertz CT molecular complexity index is 512. The van der Waals surface area contributed by atoms with Gasteiger partial charge in [-0.15, -0.1) is 0 Å². The molecule has 0 nitrogen and oxygen atoms in total.